The van der Waals surface area contributed by atoms with Gasteiger partial charge >= 0.3 is 0 Å². The van der Waals surface area contributed by atoms with Crippen LogP contribution in [-0.2, 0) is 5.41 Å². The molecular formula is C20H33N3. The maximum atomic E-state index is 3.46. The average molecular weight is 316 g/mol. The Labute approximate surface area is 142 Å². The summed E-state index contributed by atoms with van der Waals surface area (Å²) in [6, 6.07) is 10.6. The maximum absolute atomic E-state index is 3.46. The van der Waals surface area contributed by atoms with E-state index < -0.39 is 0 Å². The lowest BCUT2D eigenvalue weighted by Gasteiger charge is -2.33. The lowest BCUT2D eigenvalue weighted by Crippen LogP contribution is -2.49. The first-order valence-electron chi connectivity index (χ1n) is 9.24. The van der Waals surface area contributed by atoms with Gasteiger partial charge in [-0.15, -0.1) is 0 Å². The smallest absolute Gasteiger partial charge is 0.0320 e. The quantitative estimate of drug-likeness (QED) is 0.925. The summed E-state index contributed by atoms with van der Waals surface area (Å²) < 4.78 is 0. The van der Waals surface area contributed by atoms with E-state index in [1.54, 1.807) is 0 Å². The van der Waals surface area contributed by atoms with E-state index in [0.717, 1.165) is 19.1 Å². The van der Waals surface area contributed by atoms with E-state index in [2.05, 4.69) is 67.1 Å². The molecule has 2 unspecified atom stereocenters. The van der Waals surface area contributed by atoms with Gasteiger partial charge in [0.15, 0.2) is 0 Å². The van der Waals surface area contributed by atoms with E-state index in [4.69, 9.17) is 0 Å². The van der Waals surface area contributed by atoms with Crippen LogP contribution in [0.3, 0.4) is 0 Å². The number of rotatable bonds is 3. The second kappa shape index (κ2) is 6.92. The molecule has 3 nitrogen and oxygen atoms in total. The molecule has 1 aromatic carbocycles. The number of benzene rings is 1. The van der Waals surface area contributed by atoms with Gasteiger partial charge in [-0.1, -0.05) is 45.0 Å². The minimum Gasteiger partial charge on any atom is -0.314 e. The molecule has 23 heavy (non-hydrogen) atoms. The highest BCUT2D eigenvalue weighted by Gasteiger charge is 2.31. The molecular weight excluding hydrogens is 282 g/mol. The minimum atomic E-state index is 0.239. The second-order valence-electron chi connectivity index (χ2n) is 8.27. The van der Waals surface area contributed by atoms with Crippen LogP contribution in [-0.4, -0.2) is 55.1 Å². The minimum absolute atomic E-state index is 0.239. The lowest BCUT2D eigenvalue weighted by atomic mass is 9.86. The molecule has 2 atom stereocenters. The molecule has 1 aromatic rings. The summed E-state index contributed by atoms with van der Waals surface area (Å²) in [6.07, 6.45) is 1.32. The molecule has 128 valence electrons. The SMILES string of the molecule is CC(c1ccc(C(C)(C)C)cc1)N1CCC(N2CCNCC2)C1. The van der Waals surface area contributed by atoms with Gasteiger partial charge in [0.1, 0.15) is 0 Å². The van der Waals surface area contributed by atoms with Crippen LogP contribution in [0, 0.1) is 0 Å². The molecule has 3 heteroatoms. The predicted octanol–water partition coefficient (Wildman–Crippen LogP) is 3.02. The summed E-state index contributed by atoms with van der Waals surface area (Å²) >= 11 is 0. The van der Waals surface area contributed by atoms with Gasteiger partial charge in [0.25, 0.3) is 0 Å². The molecule has 2 heterocycles. The van der Waals surface area contributed by atoms with E-state index in [1.807, 2.05) is 0 Å². The summed E-state index contributed by atoms with van der Waals surface area (Å²) in [5, 5.41) is 3.46. The van der Waals surface area contributed by atoms with E-state index >= 15 is 0 Å². The van der Waals surface area contributed by atoms with Crippen molar-refractivity contribution in [1.29, 1.82) is 0 Å². The van der Waals surface area contributed by atoms with E-state index in [0.29, 0.717) is 6.04 Å². The van der Waals surface area contributed by atoms with Crippen LogP contribution in [0.4, 0.5) is 0 Å². The third kappa shape index (κ3) is 3.96. The Morgan fingerprint density at radius 3 is 2.30 bits per heavy atom. The van der Waals surface area contributed by atoms with Crippen molar-refractivity contribution in [3.63, 3.8) is 0 Å². The van der Waals surface area contributed by atoms with Gasteiger partial charge in [0, 0.05) is 51.4 Å². The zero-order valence-electron chi connectivity index (χ0n) is 15.3. The van der Waals surface area contributed by atoms with Gasteiger partial charge in [-0.2, -0.15) is 0 Å². The molecule has 0 aliphatic carbocycles. The summed E-state index contributed by atoms with van der Waals surface area (Å²) in [4.78, 5) is 5.35. The van der Waals surface area contributed by atoms with Crippen LogP contribution in [0.15, 0.2) is 24.3 Å². The van der Waals surface area contributed by atoms with Crippen molar-refractivity contribution in [1.82, 2.24) is 15.1 Å². The van der Waals surface area contributed by atoms with E-state index in [1.165, 1.54) is 43.7 Å². The molecule has 1 N–H and O–H groups in total. The lowest BCUT2D eigenvalue weighted by molar-refractivity contribution is 0.162. The molecule has 0 saturated carbocycles. The Morgan fingerprint density at radius 1 is 1.04 bits per heavy atom. The summed E-state index contributed by atoms with van der Waals surface area (Å²) in [6.45, 7) is 16.4. The maximum Gasteiger partial charge on any atom is 0.0320 e. The summed E-state index contributed by atoms with van der Waals surface area (Å²) in [5.41, 5.74) is 3.12. The van der Waals surface area contributed by atoms with Crippen molar-refractivity contribution in [2.45, 2.75) is 51.6 Å². The Hall–Kier alpha value is -0.900. The first-order chi connectivity index (χ1) is 10.9. The molecule has 0 aromatic heterocycles. The van der Waals surface area contributed by atoms with Crippen LogP contribution < -0.4 is 5.32 Å². The molecule has 0 amide bonds. The molecule has 2 aliphatic heterocycles. The number of likely N-dealkylation sites (tertiary alicyclic amines) is 1. The third-order valence-corrected chi connectivity index (χ3v) is 5.67. The van der Waals surface area contributed by atoms with Gasteiger partial charge in [0.2, 0.25) is 0 Å². The zero-order valence-corrected chi connectivity index (χ0v) is 15.3. The van der Waals surface area contributed by atoms with Crippen LogP contribution in [0.5, 0.6) is 0 Å². The molecule has 2 fully saturated rings. The highest BCUT2D eigenvalue weighted by Crippen LogP contribution is 2.29. The molecule has 3 rings (SSSR count). The predicted molar refractivity (Wildman–Crippen MR) is 98.0 cm³/mol. The number of hydrogen-bond acceptors (Lipinski definition) is 3. The van der Waals surface area contributed by atoms with Crippen molar-refractivity contribution in [2.75, 3.05) is 39.3 Å². The molecule has 0 bridgehead atoms. The van der Waals surface area contributed by atoms with E-state index in [-0.39, 0.29) is 5.41 Å². The van der Waals surface area contributed by atoms with Gasteiger partial charge in [-0.05, 0) is 29.9 Å². The highest BCUT2D eigenvalue weighted by molar-refractivity contribution is 5.29. The standard InChI is InChI=1S/C20H33N3/c1-16(17-5-7-18(8-6-17)20(2,3)4)23-12-9-19(15-23)22-13-10-21-11-14-22/h5-8,16,19,21H,9-15H2,1-4H3. The van der Waals surface area contributed by atoms with Crippen molar-refractivity contribution in [2.24, 2.45) is 0 Å². The fourth-order valence-corrected chi connectivity index (χ4v) is 3.94. The molecule has 2 saturated heterocycles. The molecule has 0 spiro atoms. The second-order valence-corrected chi connectivity index (χ2v) is 8.27. The van der Waals surface area contributed by atoms with Crippen LogP contribution in [0.25, 0.3) is 0 Å². The van der Waals surface area contributed by atoms with Crippen LogP contribution in [0.2, 0.25) is 0 Å². The Balaban J connectivity index is 1.61. The van der Waals surface area contributed by atoms with Crippen LogP contribution in [0.1, 0.15) is 51.3 Å². The van der Waals surface area contributed by atoms with Gasteiger partial charge in [0.05, 0.1) is 0 Å². The topological polar surface area (TPSA) is 18.5 Å². The number of piperazine rings is 1. The highest BCUT2D eigenvalue weighted by atomic mass is 15.3. The van der Waals surface area contributed by atoms with Crippen LogP contribution >= 0.6 is 0 Å². The van der Waals surface area contributed by atoms with Crippen molar-refractivity contribution < 1.29 is 0 Å². The summed E-state index contributed by atoms with van der Waals surface area (Å²) in [5.74, 6) is 0. The van der Waals surface area contributed by atoms with Gasteiger partial charge < -0.3 is 5.32 Å². The Kier molecular flexibility index (Phi) is 5.10. The Morgan fingerprint density at radius 2 is 1.70 bits per heavy atom. The van der Waals surface area contributed by atoms with Gasteiger partial charge in [-0.25, -0.2) is 0 Å². The largest absolute Gasteiger partial charge is 0.314 e. The van der Waals surface area contributed by atoms with E-state index in [9.17, 15) is 0 Å². The normalized spacial score (nSPS) is 25.7. The number of nitrogens with zero attached hydrogens (tertiary/aromatic N) is 2. The molecule has 2 aliphatic rings. The van der Waals surface area contributed by atoms with Crippen molar-refractivity contribution >= 4 is 0 Å². The zero-order chi connectivity index (χ0) is 16.4. The third-order valence-electron chi connectivity index (χ3n) is 5.67. The first-order valence-corrected chi connectivity index (χ1v) is 9.24. The Bertz CT molecular complexity index is 497. The number of nitrogens with one attached hydrogen (secondary N) is 1. The summed E-state index contributed by atoms with van der Waals surface area (Å²) in [7, 11) is 0. The van der Waals surface area contributed by atoms with Gasteiger partial charge in [-0.3, -0.25) is 9.80 Å². The van der Waals surface area contributed by atoms with Crippen molar-refractivity contribution in [3.8, 4) is 0 Å². The average Bonchev–Trinajstić information content (AvgIpc) is 3.04. The first kappa shape index (κ1) is 16.9. The fraction of sp³-hybridized carbons (Fsp3) is 0.700. The monoisotopic (exact) mass is 315 g/mol. The number of hydrogen-bond donors (Lipinski definition) is 1. The molecule has 0 radical (unpaired) electrons. The fourth-order valence-electron chi connectivity index (χ4n) is 3.94. The van der Waals surface area contributed by atoms with Crippen molar-refractivity contribution in [3.05, 3.63) is 35.4 Å².